The van der Waals surface area contributed by atoms with Gasteiger partial charge in [-0.15, -0.1) is 0 Å². The Morgan fingerprint density at radius 1 is 0.821 bits per heavy atom. The molecule has 0 radical (unpaired) electrons. The van der Waals surface area contributed by atoms with E-state index in [9.17, 15) is 0 Å². The third-order valence-electron chi connectivity index (χ3n) is 7.41. The fraction of sp³-hybridized carbons (Fsp3) is 0.520. The number of benzene rings is 2. The Morgan fingerprint density at radius 2 is 1.50 bits per heavy atom. The van der Waals surface area contributed by atoms with E-state index < -0.39 is 0 Å². The van der Waals surface area contributed by atoms with Crippen molar-refractivity contribution in [2.24, 2.45) is 0 Å². The first-order valence-electron chi connectivity index (χ1n) is 10.7. The Kier molecular flexibility index (Phi) is 3.49. The van der Waals surface area contributed by atoms with E-state index in [-0.39, 0.29) is 10.8 Å². The minimum absolute atomic E-state index is 0.191. The molecular weight excluding hydrogens is 342 g/mol. The molecule has 0 spiro atoms. The maximum absolute atomic E-state index is 2.55. The Labute approximate surface area is 169 Å². The van der Waals surface area contributed by atoms with Crippen molar-refractivity contribution in [2.45, 2.75) is 71.3 Å². The number of nitrogens with zero attached hydrogens (tertiary/aromatic N) is 3. The maximum atomic E-state index is 2.55. The van der Waals surface area contributed by atoms with Gasteiger partial charge in [0.15, 0.2) is 0 Å². The Morgan fingerprint density at radius 3 is 2.21 bits per heavy atom. The molecule has 0 saturated carbocycles. The molecule has 2 aromatic rings. The van der Waals surface area contributed by atoms with E-state index in [0.29, 0.717) is 6.04 Å². The molecule has 2 heterocycles. The second-order valence-electron chi connectivity index (χ2n) is 10.5. The van der Waals surface area contributed by atoms with E-state index in [1.807, 2.05) is 0 Å². The maximum Gasteiger partial charge on any atom is 0.0957 e. The fourth-order valence-electron chi connectivity index (χ4n) is 5.63. The quantitative estimate of drug-likeness (QED) is 0.568. The predicted octanol–water partition coefficient (Wildman–Crippen LogP) is 6.44. The van der Waals surface area contributed by atoms with Crippen molar-refractivity contribution in [3.05, 3.63) is 41.5 Å². The van der Waals surface area contributed by atoms with Crippen LogP contribution in [0.1, 0.15) is 65.5 Å². The zero-order valence-electron chi connectivity index (χ0n) is 18.4. The second kappa shape index (κ2) is 5.46. The lowest BCUT2D eigenvalue weighted by molar-refractivity contribution is 0.332. The van der Waals surface area contributed by atoms with Crippen LogP contribution in [-0.4, -0.2) is 19.8 Å². The van der Waals surface area contributed by atoms with Gasteiger partial charge < -0.3 is 14.7 Å². The molecule has 1 aliphatic carbocycles. The van der Waals surface area contributed by atoms with E-state index in [4.69, 9.17) is 0 Å². The van der Waals surface area contributed by atoms with Crippen LogP contribution in [0.5, 0.6) is 0 Å². The average molecular weight is 376 g/mol. The number of hydrogen-bond acceptors (Lipinski definition) is 3. The Bertz CT molecular complexity index is 970. The van der Waals surface area contributed by atoms with Crippen molar-refractivity contribution in [2.75, 3.05) is 28.4 Å². The number of rotatable bonds is 1. The minimum atomic E-state index is 0.191. The van der Waals surface area contributed by atoms with Crippen LogP contribution in [0.4, 0.5) is 28.4 Å². The molecule has 0 amide bonds. The molecule has 148 valence electrons. The first-order chi connectivity index (χ1) is 13.1. The molecular formula is C25H33N3. The van der Waals surface area contributed by atoms with E-state index in [2.05, 4.69) is 93.6 Å². The number of hydrogen-bond donors (Lipinski definition) is 0. The molecule has 0 saturated heterocycles. The van der Waals surface area contributed by atoms with E-state index >= 15 is 0 Å². The van der Waals surface area contributed by atoms with Crippen molar-refractivity contribution in [1.29, 1.82) is 0 Å². The van der Waals surface area contributed by atoms with Crippen molar-refractivity contribution >= 4 is 28.4 Å². The highest BCUT2D eigenvalue weighted by atomic mass is 15.4. The van der Waals surface area contributed by atoms with Crippen LogP contribution in [0.3, 0.4) is 0 Å². The number of para-hydroxylation sites is 1. The van der Waals surface area contributed by atoms with E-state index in [1.165, 1.54) is 46.8 Å². The summed E-state index contributed by atoms with van der Waals surface area (Å²) in [5.41, 5.74) is 10.4. The van der Waals surface area contributed by atoms with Crippen molar-refractivity contribution in [3.63, 3.8) is 0 Å². The summed E-state index contributed by atoms with van der Waals surface area (Å²) in [7, 11) is 2.27. The predicted molar refractivity (Wildman–Crippen MR) is 121 cm³/mol. The first-order valence-corrected chi connectivity index (χ1v) is 10.7. The Balaban J connectivity index is 1.80. The van der Waals surface area contributed by atoms with Gasteiger partial charge in [-0.1, -0.05) is 39.8 Å². The molecule has 0 N–H and O–H groups in total. The monoisotopic (exact) mass is 375 g/mol. The summed E-state index contributed by atoms with van der Waals surface area (Å²) < 4.78 is 0. The van der Waals surface area contributed by atoms with Crippen LogP contribution in [-0.2, 0) is 10.8 Å². The molecule has 28 heavy (non-hydrogen) atoms. The smallest absolute Gasteiger partial charge is 0.0957 e. The molecule has 0 bridgehead atoms. The van der Waals surface area contributed by atoms with E-state index in [0.717, 1.165) is 6.67 Å². The molecule has 0 aromatic heterocycles. The molecule has 2 aromatic carbocycles. The topological polar surface area (TPSA) is 9.72 Å². The third kappa shape index (κ3) is 2.16. The largest absolute Gasteiger partial charge is 0.349 e. The zero-order chi connectivity index (χ0) is 20.0. The summed E-state index contributed by atoms with van der Waals surface area (Å²) in [4.78, 5) is 7.55. The highest BCUT2D eigenvalue weighted by Crippen LogP contribution is 2.59. The SMILES string of the molecule is CC(C)N1CN2c3ccc4c(c3N(C)c3cccc1c32)C(C)(C)CCC4(C)C. The normalized spacial score (nSPS) is 20.9. The summed E-state index contributed by atoms with van der Waals surface area (Å²) in [6.45, 7) is 15.2. The van der Waals surface area contributed by atoms with Gasteiger partial charge in [0.1, 0.15) is 0 Å². The van der Waals surface area contributed by atoms with Crippen molar-refractivity contribution in [3.8, 4) is 0 Å². The van der Waals surface area contributed by atoms with Gasteiger partial charge in [0.2, 0.25) is 0 Å². The van der Waals surface area contributed by atoms with Gasteiger partial charge >= 0.3 is 0 Å². The minimum Gasteiger partial charge on any atom is -0.349 e. The molecule has 3 aliphatic rings. The van der Waals surface area contributed by atoms with Gasteiger partial charge in [0.05, 0.1) is 35.1 Å². The van der Waals surface area contributed by atoms with Crippen LogP contribution < -0.4 is 14.7 Å². The second-order valence-corrected chi connectivity index (χ2v) is 10.5. The molecule has 2 aliphatic heterocycles. The van der Waals surface area contributed by atoms with Gasteiger partial charge in [-0.3, -0.25) is 0 Å². The lowest BCUT2D eigenvalue weighted by atomic mass is 9.62. The van der Waals surface area contributed by atoms with Crippen LogP contribution in [0.15, 0.2) is 30.3 Å². The molecule has 0 fully saturated rings. The number of anilines is 5. The lowest BCUT2D eigenvalue weighted by Crippen LogP contribution is -2.38. The van der Waals surface area contributed by atoms with Crippen LogP contribution in [0, 0.1) is 0 Å². The fourth-order valence-corrected chi connectivity index (χ4v) is 5.63. The van der Waals surface area contributed by atoms with Crippen LogP contribution >= 0.6 is 0 Å². The molecule has 5 rings (SSSR count). The van der Waals surface area contributed by atoms with Crippen molar-refractivity contribution in [1.82, 2.24) is 0 Å². The number of fused-ring (bicyclic) bond motifs is 4. The standard InChI is InChI=1S/C25H33N3/c1-16(2)27-15-28-20-12-11-17-21(25(5,6)14-13-24(17,3)4)23(20)26(7)18-9-8-10-19(27)22(18)28/h8-12,16H,13-15H2,1-7H3. The van der Waals surface area contributed by atoms with Gasteiger partial charge in [-0.25, -0.2) is 0 Å². The zero-order valence-corrected chi connectivity index (χ0v) is 18.4. The van der Waals surface area contributed by atoms with Gasteiger partial charge in [0.25, 0.3) is 0 Å². The van der Waals surface area contributed by atoms with Gasteiger partial charge in [0, 0.05) is 13.1 Å². The molecule has 0 atom stereocenters. The summed E-state index contributed by atoms with van der Waals surface area (Å²) in [5.74, 6) is 0. The van der Waals surface area contributed by atoms with Gasteiger partial charge in [-0.2, -0.15) is 0 Å². The van der Waals surface area contributed by atoms with Crippen LogP contribution in [0.2, 0.25) is 0 Å². The summed E-state index contributed by atoms with van der Waals surface area (Å²) in [6, 6.07) is 12.1. The Hall–Kier alpha value is -2.16. The highest BCUT2D eigenvalue weighted by molar-refractivity contribution is 6.02. The van der Waals surface area contributed by atoms with E-state index in [1.54, 1.807) is 5.56 Å². The summed E-state index contributed by atoms with van der Waals surface area (Å²) >= 11 is 0. The van der Waals surface area contributed by atoms with Gasteiger partial charge in [-0.05, 0) is 66.8 Å². The molecule has 0 unspecified atom stereocenters. The average Bonchev–Trinajstić information content (AvgIpc) is 3.03. The van der Waals surface area contributed by atoms with Crippen molar-refractivity contribution < 1.29 is 0 Å². The third-order valence-corrected chi connectivity index (χ3v) is 7.41. The highest BCUT2D eigenvalue weighted by Gasteiger charge is 2.44. The molecule has 3 nitrogen and oxygen atoms in total. The summed E-state index contributed by atoms with van der Waals surface area (Å²) in [6.07, 6.45) is 2.49. The first kappa shape index (κ1) is 17.9. The van der Waals surface area contributed by atoms with Crippen LogP contribution in [0.25, 0.3) is 0 Å². The molecule has 3 heteroatoms. The summed E-state index contributed by atoms with van der Waals surface area (Å²) in [5, 5.41) is 0. The lowest BCUT2D eigenvalue weighted by Gasteiger charge is -2.47.